The molecule has 0 saturated carbocycles. The number of hydrogen-bond donors (Lipinski definition) is 2. The topological polar surface area (TPSA) is 41.1 Å². The highest BCUT2D eigenvalue weighted by atomic mass is 32.1. The lowest BCUT2D eigenvalue weighted by molar-refractivity contribution is -0.137. The summed E-state index contributed by atoms with van der Waals surface area (Å²) in [4.78, 5) is 12.1. The third-order valence-corrected chi connectivity index (χ3v) is 4.13. The van der Waals surface area contributed by atoms with Gasteiger partial charge in [-0.15, -0.1) is 0 Å². The van der Waals surface area contributed by atoms with E-state index < -0.39 is 17.6 Å². The van der Waals surface area contributed by atoms with E-state index in [2.05, 4.69) is 10.6 Å². The van der Waals surface area contributed by atoms with Gasteiger partial charge in [-0.3, -0.25) is 10.1 Å². The third kappa shape index (κ3) is 4.95. The molecule has 0 unspecified atom stereocenters. The van der Waals surface area contributed by atoms with Gasteiger partial charge in [0.05, 0.1) is 5.56 Å². The molecule has 2 N–H and O–H groups in total. The summed E-state index contributed by atoms with van der Waals surface area (Å²) in [6.07, 6.45) is -1.48. The first-order valence-electron chi connectivity index (χ1n) is 8.28. The first kappa shape index (κ1) is 19.6. The molecule has 0 radical (unpaired) electrons. The molecular weight excluding hydrogens is 385 g/mol. The predicted octanol–water partition coefficient (Wildman–Crippen LogP) is 5.39. The van der Waals surface area contributed by atoms with E-state index in [4.69, 9.17) is 12.2 Å². The first-order valence-corrected chi connectivity index (χ1v) is 8.69. The zero-order chi connectivity index (χ0) is 20.1. The number of rotatable bonds is 3. The number of benzene rings is 3. The van der Waals surface area contributed by atoms with Gasteiger partial charge in [0.25, 0.3) is 0 Å². The lowest BCUT2D eigenvalue weighted by Gasteiger charge is -2.11. The van der Waals surface area contributed by atoms with Crippen molar-refractivity contribution in [1.82, 2.24) is 5.32 Å². The number of nitrogens with one attached hydrogen (secondary N) is 2. The van der Waals surface area contributed by atoms with Crippen molar-refractivity contribution < 1.29 is 18.0 Å². The minimum Gasteiger partial charge on any atom is -0.332 e. The number of anilines is 1. The van der Waals surface area contributed by atoms with E-state index >= 15 is 0 Å². The summed E-state index contributed by atoms with van der Waals surface area (Å²) in [5, 5.41) is 6.95. The fraction of sp³-hybridized carbons (Fsp3) is 0.0476. The lowest BCUT2D eigenvalue weighted by Crippen LogP contribution is -2.32. The maximum Gasteiger partial charge on any atom is 0.416 e. The molecular formula is C21H15F3N2OS. The van der Waals surface area contributed by atoms with Crippen molar-refractivity contribution in [3.05, 3.63) is 83.9 Å². The van der Waals surface area contributed by atoms with Crippen LogP contribution in [0.15, 0.2) is 72.8 Å². The highest BCUT2D eigenvalue weighted by molar-refractivity contribution is 7.80. The molecule has 0 aliphatic carbocycles. The highest BCUT2D eigenvalue weighted by Crippen LogP contribution is 2.30. The van der Waals surface area contributed by atoms with Crippen LogP contribution in [-0.4, -0.2) is 11.0 Å². The molecule has 142 valence electrons. The highest BCUT2D eigenvalue weighted by Gasteiger charge is 2.30. The number of amides is 1. The zero-order valence-corrected chi connectivity index (χ0v) is 15.3. The van der Waals surface area contributed by atoms with Gasteiger partial charge in [0, 0.05) is 11.8 Å². The maximum atomic E-state index is 12.7. The molecule has 0 bridgehead atoms. The minimum atomic E-state index is -4.45. The van der Waals surface area contributed by atoms with Crippen molar-refractivity contribution >= 4 is 45.8 Å². The molecule has 7 heteroatoms. The number of hydrogen-bond acceptors (Lipinski definition) is 2. The smallest absolute Gasteiger partial charge is 0.332 e. The Morgan fingerprint density at radius 1 is 0.964 bits per heavy atom. The minimum absolute atomic E-state index is 0.0908. The van der Waals surface area contributed by atoms with Gasteiger partial charge in [0.1, 0.15) is 0 Å². The maximum absolute atomic E-state index is 12.7. The second-order valence-electron chi connectivity index (χ2n) is 5.92. The van der Waals surface area contributed by atoms with Crippen LogP contribution in [0.5, 0.6) is 0 Å². The molecule has 0 heterocycles. The van der Waals surface area contributed by atoms with E-state index in [1.807, 2.05) is 42.5 Å². The Hall–Kier alpha value is -3.19. The van der Waals surface area contributed by atoms with E-state index in [0.717, 1.165) is 28.5 Å². The second kappa shape index (κ2) is 8.22. The molecule has 3 rings (SSSR count). The lowest BCUT2D eigenvalue weighted by atomic mass is 10.0. The van der Waals surface area contributed by atoms with Gasteiger partial charge in [-0.2, -0.15) is 13.2 Å². The van der Waals surface area contributed by atoms with Crippen molar-refractivity contribution in [3.63, 3.8) is 0 Å². The van der Waals surface area contributed by atoms with Gasteiger partial charge < -0.3 is 5.32 Å². The molecule has 28 heavy (non-hydrogen) atoms. The Balaban J connectivity index is 1.65. The summed E-state index contributed by atoms with van der Waals surface area (Å²) in [7, 11) is 0. The van der Waals surface area contributed by atoms with Crippen molar-refractivity contribution in [1.29, 1.82) is 0 Å². The molecule has 0 aliphatic rings. The number of carbonyl (C=O) groups excluding carboxylic acids is 1. The quantitative estimate of drug-likeness (QED) is 0.458. The van der Waals surface area contributed by atoms with Crippen LogP contribution in [0, 0.1) is 0 Å². The number of halogens is 3. The first-order chi connectivity index (χ1) is 13.3. The third-order valence-electron chi connectivity index (χ3n) is 3.92. The number of fused-ring (bicyclic) bond motifs is 1. The summed E-state index contributed by atoms with van der Waals surface area (Å²) in [6.45, 7) is 0. The van der Waals surface area contributed by atoms with Gasteiger partial charge >= 0.3 is 6.18 Å². The van der Waals surface area contributed by atoms with Crippen LogP contribution in [0.4, 0.5) is 18.9 Å². The Morgan fingerprint density at radius 3 is 2.46 bits per heavy atom. The van der Waals surface area contributed by atoms with Crippen LogP contribution in [-0.2, 0) is 11.0 Å². The molecule has 1 amide bonds. The van der Waals surface area contributed by atoms with Gasteiger partial charge in [-0.25, -0.2) is 0 Å². The monoisotopic (exact) mass is 400 g/mol. The predicted molar refractivity (Wildman–Crippen MR) is 109 cm³/mol. The average Bonchev–Trinajstić information content (AvgIpc) is 2.65. The summed E-state index contributed by atoms with van der Waals surface area (Å²) in [5.74, 6) is -0.489. The summed E-state index contributed by atoms with van der Waals surface area (Å²) < 4.78 is 38.2. The van der Waals surface area contributed by atoms with Crippen molar-refractivity contribution in [2.24, 2.45) is 0 Å². The van der Waals surface area contributed by atoms with E-state index in [1.54, 1.807) is 6.08 Å². The Bertz CT molecular complexity index is 1060. The van der Waals surface area contributed by atoms with Gasteiger partial charge in [-0.1, -0.05) is 48.5 Å². The van der Waals surface area contributed by atoms with Crippen LogP contribution < -0.4 is 10.6 Å². The van der Waals surface area contributed by atoms with E-state index in [1.165, 1.54) is 18.2 Å². The van der Waals surface area contributed by atoms with Crippen molar-refractivity contribution in [2.75, 3.05) is 5.32 Å². The molecule has 3 aromatic carbocycles. The van der Waals surface area contributed by atoms with Crippen LogP contribution in [0.2, 0.25) is 0 Å². The molecule has 0 aromatic heterocycles. The largest absolute Gasteiger partial charge is 0.416 e. The molecule has 0 fully saturated rings. The molecule has 3 nitrogen and oxygen atoms in total. The van der Waals surface area contributed by atoms with Gasteiger partial charge in [-0.05, 0) is 52.8 Å². The van der Waals surface area contributed by atoms with E-state index in [0.29, 0.717) is 0 Å². The summed E-state index contributed by atoms with van der Waals surface area (Å²) in [6, 6.07) is 18.1. The number of thiocarbonyl (C=S) groups is 1. The van der Waals surface area contributed by atoms with E-state index in [-0.39, 0.29) is 10.8 Å². The van der Waals surface area contributed by atoms with Crippen LogP contribution >= 0.6 is 12.2 Å². The SMILES string of the molecule is O=C(/C=C/c1cccc2ccccc12)NC(=S)Nc1cccc(C(F)(F)F)c1. The van der Waals surface area contributed by atoms with Crippen LogP contribution in [0.1, 0.15) is 11.1 Å². The Labute approximate surface area is 164 Å². The fourth-order valence-corrected chi connectivity index (χ4v) is 2.87. The fourth-order valence-electron chi connectivity index (χ4n) is 2.65. The zero-order valence-electron chi connectivity index (χ0n) is 14.5. The van der Waals surface area contributed by atoms with Crippen LogP contribution in [0.3, 0.4) is 0 Å². The number of alkyl halides is 3. The molecule has 0 atom stereocenters. The Morgan fingerprint density at radius 2 is 1.68 bits per heavy atom. The molecule has 0 saturated heterocycles. The molecule has 0 aliphatic heterocycles. The average molecular weight is 400 g/mol. The van der Waals surface area contributed by atoms with Gasteiger partial charge in [0.15, 0.2) is 5.11 Å². The standard InChI is InChI=1S/C21H15F3N2OS/c22-21(23,24)16-8-4-9-17(13-16)25-20(28)26-19(27)12-11-15-7-3-6-14-5-1-2-10-18(14)15/h1-13H,(H2,25,26,27,28)/b12-11+. The molecule has 0 spiro atoms. The molecule has 3 aromatic rings. The normalized spacial score (nSPS) is 11.5. The van der Waals surface area contributed by atoms with Crippen LogP contribution in [0.25, 0.3) is 16.8 Å². The van der Waals surface area contributed by atoms with Crippen molar-refractivity contribution in [3.8, 4) is 0 Å². The summed E-state index contributed by atoms with van der Waals surface area (Å²) in [5.41, 5.74) is 0.200. The van der Waals surface area contributed by atoms with Crippen molar-refractivity contribution in [2.45, 2.75) is 6.18 Å². The van der Waals surface area contributed by atoms with E-state index in [9.17, 15) is 18.0 Å². The second-order valence-corrected chi connectivity index (χ2v) is 6.33. The summed E-state index contributed by atoms with van der Waals surface area (Å²) >= 11 is 5.00. The Kier molecular flexibility index (Phi) is 5.75. The van der Waals surface area contributed by atoms with Gasteiger partial charge in [0.2, 0.25) is 5.91 Å². The number of carbonyl (C=O) groups is 1.